The molecule has 5 nitrogen and oxygen atoms in total. The van der Waals surface area contributed by atoms with E-state index < -0.39 is 11.7 Å². The minimum Gasteiger partial charge on any atom is -0.322 e. The van der Waals surface area contributed by atoms with E-state index in [0.29, 0.717) is 23.4 Å². The zero-order chi connectivity index (χ0) is 18.8. The van der Waals surface area contributed by atoms with Gasteiger partial charge < -0.3 is 5.32 Å². The molecule has 0 atom stereocenters. The molecule has 2 aromatic carbocycles. The normalized spacial score (nSPS) is 13.1. The molecule has 3 amide bonds. The third kappa shape index (κ3) is 3.22. The summed E-state index contributed by atoms with van der Waals surface area (Å²) in [5, 5.41) is 2.60. The fourth-order valence-electron chi connectivity index (χ4n) is 2.83. The summed E-state index contributed by atoms with van der Waals surface area (Å²) in [6.45, 7) is 3.98. The monoisotopic (exact) mass is 354 g/mol. The highest BCUT2D eigenvalue weighted by Crippen LogP contribution is 2.25. The van der Waals surface area contributed by atoms with Crippen LogP contribution in [0.15, 0.2) is 36.4 Å². The van der Waals surface area contributed by atoms with Crippen molar-refractivity contribution in [2.45, 2.75) is 26.7 Å². The molecule has 6 heteroatoms. The number of hydrogen-bond acceptors (Lipinski definition) is 3. The number of benzene rings is 2. The van der Waals surface area contributed by atoms with Crippen LogP contribution >= 0.6 is 0 Å². The Bertz CT molecular complexity index is 908. The van der Waals surface area contributed by atoms with Crippen molar-refractivity contribution in [3.05, 3.63) is 64.5 Å². The van der Waals surface area contributed by atoms with Crippen LogP contribution in [-0.2, 0) is 0 Å². The number of rotatable bonds is 5. The summed E-state index contributed by atoms with van der Waals surface area (Å²) >= 11 is 0. The largest absolute Gasteiger partial charge is 0.322 e. The summed E-state index contributed by atoms with van der Waals surface area (Å²) in [6, 6.07) is 8.81. The topological polar surface area (TPSA) is 66.5 Å². The SMILES string of the molecule is CCCCN1C(=O)c2ccc(C(=O)Nc3ccc(C)c(F)c3)cc2C1=O. The average Bonchev–Trinajstić information content (AvgIpc) is 2.86. The predicted molar refractivity (Wildman–Crippen MR) is 95.8 cm³/mol. The lowest BCUT2D eigenvalue weighted by atomic mass is 10.1. The molecule has 1 aliphatic heterocycles. The lowest BCUT2D eigenvalue weighted by Gasteiger charge is -2.12. The van der Waals surface area contributed by atoms with Crippen molar-refractivity contribution < 1.29 is 18.8 Å². The Balaban J connectivity index is 1.82. The van der Waals surface area contributed by atoms with E-state index >= 15 is 0 Å². The fraction of sp³-hybridized carbons (Fsp3) is 0.250. The molecule has 1 N–H and O–H groups in total. The van der Waals surface area contributed by atoms with Crippen molar-refractivity contribution in [1.29, 1.82) is 0 Å². The van der Waals surface area contributed by atoms with Crippen molar-refractivity contribution >= 4 is 23.4 Å². The number of carbonyl (C=O) groups is 3. The van der Waals surface area contributed by atoms with Crippen LogP contribution in [0.25, 0.3) is 0 Å². The molecule has 1 aliphatic rings. The van der Waals surface area contributed by atoms with Gasteiger partial charge in [-0.05, 0) is 49.2 Å². The molecule has 0 aromatic heterocycles. The Morgan fingerprint density at radius 2 is 1.81 bits per heavy atom. The first kappa shape index (κ1) is 17.8. The van der Waals surface area contributed by atoms with E-state index in [1.54, 1.807) is 19.1 Å². The Hall–Kier alpha value is -3.02. The number of unbranched alkanes of at least 4 members (excludes halogenated alkanes) is 1. The molecule has 0 saturated carbocycles. The molecular weight excluding hydrogens is 335 g/mol. The van der Waals surface area contributed by atoms with E-state index in [4.69, 9.17) is 0 Å². The van der Waals surface area contributed by atoms with Gasteiger partial charge in [-0.25, -0.2) is 4.39 Å². The van der Waals surface area contributed by atoms with Gasteiger partial charge in [-0.1, -0.05) is 19.4 Å². The molecule has 0 spiro atoms. The van der Waals surface area contributed by atoms with Gasteiger partial charge in [0, 0.05) is 17.8 Å². The Morgan fingerprint density at radius 1 is 1.08 bits per heavy atom. The molecule has 0 radical (unpaired) electrons. The molecule has 134 valence electrons. The summed E-state index contributed by atoms with van der Waals surface area (Å²) in [7, 11) is 0. The van der Waals surface area contributed by atoms with Gasteiger partial charge in [-0.15, -0.1) is 0 Å². The molecular formula is C20H19FN2O3. The molecule has 2 aromatic rings. The molecule has 0 bridgehead atoms. The van der Waals surface area contributed by atoms with Crippen molar-refractivity contribution in [3.8, 4) is 0 Å². The number of fused-ring (bicyclic) bond motifs is 1. The van der Waals surface area contributed by atoms with E-state index in [1.165, 1.54) is 29.2 Å². The molecule has 0 unspecified atom stereocenters. The number of halogens is 1. The van der Waals surface area contributed by atoms with E-state index in [0.717, 1.165) is 12.8 Å². The quantitative estimate of drug-likeness (QED) is 0.831. The van der Waals surface area contributed by atoms with Gasteiger partial charge in [0.1, 0.15) is 5.82 Å². The summed E-state index contributed by atoms with van der Waals surface area (Å²) in [6.07, 6.45) is 1.60. The Kier molecular flexibility index (Phi) is 4.84. The van der Waals surface area contributed by atoms with Gasteiger partial charge in [0.25, 0.3) is 17.7 Å². The van der Waals surface area contributed by atoms with Gasteiger partial charge in [0.15, 0.2) is 0 Å². The fourth-order valence-corrected chi connectivity index (χ4v) is 2.83. The van der Waals surface area contributed by atoms with Crippen LogP contribution in [0.3, 0.4) is 0 Å². The van der Waals surface area contributed by atoms with E-state index in [2.05, 4.69) is 5.32 Å². The van der Waals surface area contributed by atoms with Gasteiger partial charge in [-0.3, -0.25) is 19.3 Å². The second-order valence-corrected chi connectivity index (χ2v) is 6.29. The van der Waals surface area contributed by atoms with Crippen molar-refractivity contribution in [1.82, 2.24) is 4.90 Å². The number of anilines is 1. The van der Waals surface area contributed by atoms with E-state index in [9.17, 15) is 18.8 Å². The number of nitrogens with one attached hydrogen (secondary N) is 1. The number of hydrogen-bond donors (Lipinski definition) is 1. The van der Waals surface area contributed by atoms with Crippen LogP contribution in [0.1, 0.15) is 56.4 Å². The van der Waals surface area contributed by atoms with E-state index in [-0.39, 0.29) is 22.9 Å². The van der Waals surface area contributed by atoms with Gasteiger partial charge in [0.05, 0.1) is 11.1 Å². The zero-order valence-electron chi connectivity index (χ0n) is 14.6. The lowest BCUT2D eigenvalue weighted by Crippen LogP contribution is -2.30. The highest BCUT2D eigenvalue weighted by atomic mass is 19.1. The van der Waals surface area contributed by atoms with Crippen LogP contribution < -0.4 is 5.32 Å². The summed E-state index contributed by atoms with van der Waals surface area (Å²) in [4.78, 5) is 38.4. The summed E-state index contributed by atoms with van der Waals surface area (Å²) in [5.74, 6) is -1.59. The lowest BCUT2D eigenvalue weighted by molar-refractivity contribution is 0.0652. The van der Waals surface area contributed by atoms with Gasteiger partial charge in [-0.2, -0.15) is 0 Å². The van der Waals surface area contributed by atoms with E-state index in [1.807, 2.05) is 6.92 Å². The molecule has 3 rings (SSSR count). The van der Waals surface area contributed by atoms with Crippen molar-refractivity contribution in [2.24, 2.45) is 0 Å². The maximum absolute atomic E-state index is 13.6. The van der Waals surface area contributed by atoms with Crippen LogP contribution in [0, 0.1) is 12.7 Å². The summed E-state index contributed by atoms with van der Waals surface area (Å²) in [5.41, 5.74) is 1.59. The third-order valence-electron chi connectivity index (χ3n) is 4.40. The number of amides is 3. The maximum atomic E-state index is 13.6. The molecule has 0 saturated heterocycles. The zero-order valence-corrected chi connectivity index (χ0v) is 14.6. The van der Waals surface area contributed by atoms with Gasteiger partial charge in [0.2, 0.25) is 0 Å². The van der Waals surface area contributed by atoms with Crippen LogP contribution in [0.2, 0.25) is 0 Å². The van der Waals surface area contributed by atoms with Crippen molar-refractivity contribution in [2.75, 3.05) is 11.9 Å². The van der Waals surface area contributed by atoms with Crippen molar-refractivity contribution in [3.63, 3.8) is 0 Å². The maximum Gasteiger partial charge on any atom is 0.261 e. The Labute approximate surface area is 150 Å². The average molecular weight is 354 g/mol. The van der Waals surface area contributed by atoms with Crippen LogP contribution in [0.4, 0.5) is 10.1 Å². The first-order valence-corrected chi connectivity index (χ1v) is 8.50. The highest BCUT2D eigenvalue weighted by Gasteiger charge is 2.35. The smallest absolute Gasteiger partial charge is 0.261 e. The molecule has 1 heterocycles. The van der Waals surface area contributed by atoms with Gasteiger partial charge >= 0.3 is 0 Å². The van der Waals surface area contributed by atoms with Crippen LogP contribution in [0.5, 0.6) is 0 Å². The second kappa shape index (κ2) is 7.07. The number of carbonyl (C=O) groups excluding carboxylic acids is 3. The minimum absolute atomic E-state index is 0.230. The second-order valence-electron chi connectivity index (χ2n) is 6.29. The Morgan fingerprint density at radius 3 is 2.50 bits per heavy atom. The molecule has 0 fully saturated rings. The number of aryl methyl sites for hydroxylation is 1. The first-order chi connectivity index (χ1) is 12.4. The summed E-state index contributed by atoms with van der Waals surface area (Å²) < 4.78 is 13.6. The highest BCUT2D eigenvalue weighted by molar-refractivity contribution is 6.22. The van der Waals surface area contributed by atoms with Crippen LogP contribution in [-0.4, -0.2) is 29.2 Å². The third-order valence-corrected chi connectivity index (χ3v) is 4.40. The predicted octanol–water partition coefficient (Wildman–Crippen LogP) is 3.78. The number of imide groups is 1. The minimum atomic E-state index is -0.469. The number of nitrogens with zero attached hydrogens (tertiary/aromatic N) is 1. The molecule has 26 heavy (non-hydrogen) atoms. The first-order valence-electron chi connectivity index (χ1n) is 8.50. The standard InChI is InChI=1S/C20H19FN2O3/c1-3-4-9-23-19(25)15-8-6-13(10-16(15)20(23)26)18(24)22-14-7-5-12(2)17(21)11-14/h5-8,10-11H,3-4,9H2,1-2H3,(H,22,24). The molecule has 0 aliphatic carbocycles.